The molecule has 0 unspecified atom stereocenters. The molecule has 1 N–H and O–H groups in total. The Bertz CT molecular complexity index is 951. The second kappa shape index (κ2) is 7.77. The first-order valence-electron chi connectivity index (χ1n) is 9.33. The Balaban J connectivity index is 1.48. The Morgan fingerprint density at radius 2 is 1.93 bits per heavy atom. The van der Waals surface area contributed by atoms with Gasteiger partial charge in [-0.3, -0.25) is 14.8 Å². The van der Waals surface area contributed by atoms with Crippen LogP contribution in [0.3, 0.4) is 0 Å². The standard InChI is InChI=1S/C21H22N4O2S/c1-15-24-18(19(28-15)16-5-10-22-11-6-16)20(26)25-12-7-21(27,8-13-25)14-17-4-2-3-9-23-17/h2-6,9-11,27H,7-8,12-14H2,1H3. The van der Waals surface area contributed by atoms with E-state index in [1.165, 1.54) is 11.3 Å². The van der Waals surface area contributed by atoms with Crippen LogP contribution >= 0.6 is 11.3 Å². The van der Waals surface area contributed by atoms with Crippen LogP contribution in [0.25, 0.3) is 10.4 Å². The van der Waals surface area contributed by atoms with Crippen LogP contribution in [0.5, 0.6) is 0 Å². The first-order chi connectivity index (χ1) is 13.5. The number of aryl methyl sites for hydroxylation is 1. The third-order valence-electron chi connectivity index (χ3n) is 5.10. The number of aromatic nitrogens is 3. The van der Waals surface area contributed by atoms with Gasteiger partial charge in [-0.05, 0) is 49.6 Å². The van der Waals surface area contributed by atoms with Gasteiger partial charge in [0.1, 0.15) is 5.69 Å². The number of amides is 1. The van der Waals surface area contributed by atoms with Crippen LogP contribution in [0, 0.1) is 6.92 Å². The second-order valence-electron chi connectivity index (χ2n) is 7.16. The lowest BCUT2D eigenvalue weighted by molar-refractivity contribution is -0.0169. The molecule has 1 fully saturated rings. The van der Waals surface area contributed by atoms with Gasteiger partial charge in [-0.25, -0.2) is 4.98 Å². The highest BCUT2D eigenvalue weighted by Gasteiger charge is 2.35. The maximum absolute atomic E-state index is 13.1. The van der Waals surface area contributed by atoms with Gasteiger partial charge in [-0.2, -0.15) is 0 Å². The lowest BCUT2D eigenvalue weighted by Gasteiger charge is -2.38. The van der Waals surface area contributed by atoms with Crippen molar-refractivity contribution >= 4 is 17.2 Å². The summed E-state index contributed by atoms with van der Waals surface area (Å²) in [5.41, 5.74) is 1.49. The van der Waals surface area contributed by atoms with Crippen LogP contribution in [0.1, 0.15) is 34.0 Å². The molecule has 0 bridgehead atoms. The van der Waals surface area contributed by atoms with Crippen molar-refractivity contribution in [1.82, 2.24) is 19.9 Å². The average Bonchev–Trinajstić information content (AvgIpc) is 3.11. The van der Waals surface area contributed by atoms with Gasteiger partial charge >= 0.3 is 0 Å². The van der Waals surface area contributed by atoms with E-state index in [-0.39, 0.29) is 5.91 Å². The molecule has 0 radical (unpaired) electrons. The lowest BCUT2D eigenvalue weighted by atomic mass is 9.86. The summed E-state index contributed by atoms with van der Waals surface area (Å²) < 4.78 is 0. The van der Waals surface area contributed by atoms with Crippen molar-refractivity contribution in [2.45, 2.75) is 31.8 Å². The minimum atomic E-state index is -0.822. The van der Waals surface area contributed by atoms with Crippen LogP contribution < -0.4 is 0 Å². The monoisotopic (exact) mass is 394 g/mol. The molecule has 0 aromatic carbocycles. The highest BCUT2D eigenvalue weighted by atomic mass is 32.1. The topological polar surface area (TPSA) is 79.2 Å². The minimum Gasteiger partial charge on any atom is -0.389 e. The maximum atomic E-state index is 13.1. The summed E-state index contributed by atoms with van der Waals surface area (Å²) in [7, 11) is 0. The molecular formula is C21H22N4O2S. The Morgan fingerprint density at radius 3 is 2.61 bits per heavy atom. The number of aliphatic hydroxyl groups is 1. The number of piperidine rings is 1. The molecule has 3 aromatic rings. The van der Waals surface area contributed by atoms with E-state index >= 15 is 0 Å². The summed E-state index contributed by atoms with van der Waals surface area (Å²) in [6.45, 7) is 2.93. The zero-order valence-electron chi connectivity index (χ0n) is 15.7. The van der Waals surface area contributed by atoms with Crippen LogP contribution in [-0.2, 0) is 6.42 Å². The Morgan fingerprint density at radius 1 is 1.18 bits per heavy atom. The van der Waals surface area contributed by atoms with Crippen LogP contribution in [0.2, 0.25) is 0 Å². The summed E-state index contributed by atoms with van der Waals surface area (Å²) >= 11 is 1.52. The zero-order valence-corrected chi connectivity index (χ0v) is 16.5. The predicted molar refractivity (Wildman–Crippen MR) is 108 cm³/mol. The predicted octanol–water partition coefficient (Wildman–Crippen LogP) is 3.12. The van der Waals surface area contributed by atoms with Gasteiger partial charge in [0.25, 0.3) is 5.91 Å². The van der Waals surface area contributed by atoms with E-state index in [1.807, 2.05) is 37.3 Å². The SMILES string of the molecule is Cc1nc(C(=O)N2CCC(O)(Cc3ccccn3)CC2)c(-c2ccncc2)s1. The normalized spacial score (nSPS) is 16.1. The Kier molecular flexibility index (Phi) is 5.19. The molecule has 1 aliphatic heterocycles. The summed E-state index contributed by atoms with van der Waals surface area (Å²) in [5.74, 6) is -0.0731. The fraction of sp³-hybridized carbons (Fsp3) is 0.333. The molecule has 4 rings (SSSR count). The molecule has 0 saturated carbocycles. The van der Waals surface area contributed by atoms with Gasteiger partial charge in [0.2, 0.25) is 0 Å². The van der Waals surface area contributed by atoms with Crippen molar-refractivity contribution in [2.24, 2.45) is 0 Å². The van der Waals surface area contributed by atoms with Gasteiger partial charge in [0.05, 0.1) is 15.5 Å². The molecule has 1 saturated heterocycles. The molecule has 28 heavy (non-hydrogen) atoms. The molecule has 3 aromatic heterocycles. The van der Waals surface area contributed by atoms with Crippen molar-refractivity contribution in [1.29, 1.82) is 0 Å². The van der Waals surface area contributed by atoms with Crippen molar-refractivity contribution in [3.8, 4) is 10.4 Å². The van der Waals surface area contributed by atoms with Gasteiger partial charge in [0, 0.05) is 43.8 Å². The number of thiazole rings is 1. The quantitative estimate of drug-likeness (QED) is 0.735. The second-order valence-corrected chi connectivity index (χ2v) is 8.36. The third-order valence-corrected chi connectivity index (χ3v) is 6.12. The number of pyridine rings is 2. The first-order valence-corrected chi connectivity index (χ1v) is 10.2. The van der Waals surface area contributed by atoms with Crippen molar-refractivity contribution < 1.29 is 9.90 Å². The third kappa shape index (κ3) is 3.95. The number of carbonyl (C=O) groups excluding carboxylic acids is 1. The zero-order chi connectivity index (χ0) is 19.6. The van der Waals surface area contributed by atoms with Crippen LogP contribution in [-0.4, -0.2) is 49.6 Å². The summed E-state index contributed by atoms with van der Waals surface area (Å²) in [4.78, 5) is 28.7. The highest BCUT2D eigenvalue weighted by Crippen LogP contribution is 2.32. The van der Waals surface area contributed by atoms with E-state index in [2.05, 4.69) is 15.0 Å². The van der Waals surface area contributed by atoms with E-state index in [1.54, 1.807) is 23.5 Å². The molecule has 1 amide bonds. The average molecular weight is 395 g/mol. The molecule has 6 nitrogen and oxygen atoms in total. The number of hydrogen-bond acceptors (Lipinski definition) is 6. The Labute approximate surface area is 167 Å². The minimum absolute atomic E-state index is 0.0731. The van der Waals surface area contributed by atoms with Gasteiger partial charge in [0.15, 0.2) is 0 Å². The molecule has 144 valence electrons. The van der Waals surface area contributed by atoms with Gasteiger partial charge < -0.3 is 10.0 Å². The number of hydrogen-bond donors (Lipinski definition) is 1. The van der Waals surface area contributed by atoms with E-state index in [4.69, 9.17) is 0 Å². The summed E-state index contributed by atoms with van der Waals surface area (Å²) in [5, 5.41) is 11.8. The molecule has 1 aliphatic rings. The number of rotatable bonds is 4. The van der Waals surface area contributed by atoms with Crippen LogP contribution in [0.15, 0.2) is 48.9 Å². The molecule has 0 aliphatic carbocycles. The fourth-order valence-electron chi connectivity index (χ4n) is 3.56. The smallest absolute Gasteiger partial charge is 0.273 e. The van der Waals surface area contributed by atoms with Gasteiger partial charge in [-0.1, -0.05) is 6.07 Å². The van der Waals surface area contributed by atoms with Crippen molar-refractivity contribution in [3.05, 3.63) is 65.3 Å². The lowest BCUT2D eigenvalue weighted by Crippen LogP contribution is -2.48. The molecule has 0 spiro atoms. The van der Waals surface area contributed by atoms with E-state index in [0.29, 0.717) is 38.0 Å². The van der Waals surface area contributed by atoms with Gasteiger partial charge in [-0.15, -0.1) is 11.3 Å². The number of likely N-dealkylation sites (tertiary alicyclic amines) is 1. The maximum Gasteiger partial charge on any atom is 0.273 e. The number of nitrogens with zero attached hydrogens (tertiary/aromatic N) is 4. The van der Waals surface area contributed by atoms with E-state index in [9.17, 15) is 9.90 Å². The van der Waals surface area contributed by atoms with Crippen LogP contribution in [0.4, 0.5) is 0 Å². The van der Waals surface area contributed by atoms with Crippen molar-refractivity contribution in [3.63, 3.8) is 0 Å². The first kappa shape index (κ1) is 18.7. The summed E-state index contributed by atoms with van der Waals surface area (Å²) in [6.07, 6.45) is 6.75. The van der Waals surface area contributed by atoms with E-state index < -0.39 is 5.60 Å². The molecule has 7 heteroatoms. The highest BCUT2D eigenvalue weighted by molar-refractivity contribution is 7.15. The molecule has 0 atom stereocenters. The molecule has 4 heterocycles. The number of carbonyl (C=O) groups is 1. The molecular weight excluding hydrogens is 372 g/mol. The fourth-order valence-corrected chi connectivity index (χ4v) is 4.48. The Hall–Kier alpha value is -2.64. The van der Waals surface area contributed by atoms with Crippen molar-refractivity contribution in [2.75, 3.05) is 13.1 Å². The largest absolute Gasteiger partial charge is 0.389 e. The summed E-state index contributed by atoms with van der Waals surface area (Å²) in [6, 6.07) is 9.51. The van der Waals surface area contributed by atoms with E-state index in [0.717, 1.165) is 21.1 Å².